The second-order valence-electron chi connectivity index (χ2n) is 9.49. The van der Waals surface area contributed by atoms with Crippen LogP contribution in [0.2, 0.25) is 0 Å². The van der Waals surface area contributed by atoms with Gasteiger partial charge in [-0.05, 0) is 37.1 Å². The third kappa shape index (κ3) is 6.20. The van der Waals surface area contributed by atoms with E-state index in [2.05, 4.69) is 20.0 Å². The van der Waals surface area contributed by atoms with Crippen LogP contribution in [-0.4, -0.2) is 77.2 Å². The molecule has 0 radical (unpaired) electrons. The highest BCUT2D eigenvalue weighted by Crippen LogP contribution is 2.24. The molecule has 2 aliphatic rings. The van der Waals surface area contributed by atoms with E-state index in [1.54, 1.807) is 23.5 Å². The molecule has 0 spiro atoms. The maximum atomic E-state index is 13.3. The van der Waals surface area contributed by atoms with Crippen LogP contribution in [0, 0.1) is 5.82 Å². The minimum atomic E-state index is -0.251. The Kier molecular flexibility index (Phi) is 7.95. The van der Waals surface area contributed by atoms with Crippen LogP contribution in [0.5, 0.6) is 0 Å². The minimum absolute atomic E-state index is 0.0502. The molecule has 1 saturated carbocycles. The molecule has 2 amide bonds. The zero-order chi connectivity index (χ0) is 24.0. The third-order valence-corrected chi connectivity index (χ3v) is 7.96. The molecule has 3 heterocycles. The number of ether oxygens (including phenoxy) is 1. The lowest BCUT2D eigenvalue weighted by atomic mass is 9.96. The number of nitrogens with one attached hydrogen (secondary N) is 1. The summed E-state index contributed by atoms with van der Waals surface area (Å²) < 4.78 is 20.9. The van der Waals surface area contributed by atoms with Gasteiger partial charge in [0.15, 0.2) is 4.96 Å². The van der Waals surface area contributed by atoms with Crippen molar-refractivity contribution < 1.29 is 13.9 Å². The first kappa shape index (κ1) is 24.2. The Bertz CT molecular complexity index is 1100. The number of aromatic nitrogens is 2. The highest BCUT2D eigenvalue weighted by molar-refractivity contribution is 7.15. The number of nitrogens with zero attached hydrogens (tertiary/aromatic N) is 4. The summed E-state index contributed by atoms with van der Waals surface area (Å²) in [7, 11) is 0. The van der Waals surface area contributed by atoms with E-state index < -0.39 is 0 Å². The SMILES string of the molecule is O=C(NC1CCCCC1)N(CCc1csc2nc(-c3ccc(F)cc3)cn12)CCN1CCOCC1. The lowest BCUT2D eigenvalue weighted by Gasteiger charge is -2.32. The number of benzene rings is 1. The number of rotatable bonds is 8. The number of morpholine rings is 1. The summed E-state index contributed by atoms with van der Waals surface area (Å²) in [4.78, 5) is 23.2. The van der Waals surface area contributed by atoms with Gasteiger partial charge in [0.05, 0.1) is 18.9 Å². The third-order valence-electron chi connectivity index (χ3n) is 7.07. The number of urea groups is 1. The number of carbonyl (C=O) groups is 1. The fraction of sp³-hybridized carbons (Fsp3) is 0.538. The summed E-state index contributed by atoms with van der Waals surface area (Å²) in [5.41, 5.74) is 2.86. The fourth-order valence-corrected chi connectivity index (χ4v) is 5.84. The number of imidazole rings is 1. The molecule has 188 valence electrons. The molecule has 1 aliphatic heterocycles. The van der Waals surface area contributed by atoms with E-state index in [1.165, 1.54) is 31.4 Å². The molecule has 1 saturated heterocycles. The van der Waals surface area contributed by atoms with E-state index in [9.17, 15) is 9.18 Å². The van der Waals surface area contributed by atoms with Crippen molar-refractivity contribution in [3.8, 4) is 11.3 Å². The van der Waals surface area contributed by atoms with Gasteiger partial charge in [0, 0.05) is 68.0 Å². The lowest BCUT2D eigenvalue weighted by molar-refractivity contribution is 0.0349. The molecule has 1 N–H and O–H groups in total. The monoisotopic (exact) mass is 499 g/mol. The Morgan fingerprint density at radius 2 is 1.91 bits per heavy atom. The summed E-state index contributed by atoms with van der Waals surface area (Å²) >= 11 is 1.59. The van der Waals surface area contributed by atoms with Crippen molar-refractivity contribution in [1.82, 2.24) is 24.5 Å². The van der Waals surface area contributed by atoms with E-state index in [4.69, 9.17) is 9.72 Å². The molecule has 7 nitrogen and oxygen atoms in total. The second-order valence-corrected chi connectivity index (χ2v) is 10.3. The van der Waals surface area contributed by atoms with Crippen molar-refractivity contribution in [2.24, 2.45) is 0 Å². The first-order chi connectivity index (χ1) is 17.2. The second kappa shape index (κ2) is 11.5. The van der Waals surface area contributed by atoms with Gasteiger partial charge in [0.2, 0.25) is 0 Å². The zero-order valence-corrected chi connectivity index (χ0v) is 20.9. The largest absolute Gasteiger partial charge is 0.379 e. The molecular weight excluding hydrogens is 465 g/mol. The summed E-state index contributed by atoms with van der Waals surface area (Å²) in [6, 6.07) is 6.77. The maximum Gasteiger partial charge on any atom is 0.317 e. The van der Waals surface area contributed by atoms with Gasteiger partial charge in [0.25, 0.3) is 0 Å². The van der Waals surface area contributed by atoms with Crippen molar-refractivity contribution in [1.29, 1.82) is 0 Å². The van der Waals surface area contributed by atoms with Gasteiger partial charge in [-0.1, -0.05) is 19.3 Å². The maximum absolute atomic E-state index is 13.3. The van der Waals surface area contributed by atoms with Crippen LogP contribution in [0.1, 0.15) is 37.8 Å². The fourth-order valence-electron chi connectivity index (χ4n) is 4.93. The van der Waals surface area contributed by atoms with Gasteiger partial charge in [-0.15, -0.1) is 11.3 Å². The Balaban J connectivity index is 1.26. The van der Waals surface area contributed by atoms with Gasteiger partial charge in [-0.3, -0.25) is 9.30 Å². The normalized spacial score (nSPS) is 17.6. The number of halogens is 1. The van der Waals surface area contributed by atoms with Crippen LogP contribution >= 0.6 is 11.3 Å². The Hall–Kier alpha value is -2.49. The molecule has 1 aromatic carbocycles. The summed E-state index contributed by atoms with van der Waals surface area (Å²) in [5.74, 6) is -0.251. The highest BCUT2D eigenvalue weighted by Gasteiger charge is 2.22. The molecule has 2 fully saturated rings. The average Bonchev–Trinajstić information content (AvgIpc) is 3.47. The van der Waals surface area contributed by atoms with Gasteiger partial charge < -0.3 is 15.0 Å². The van der Waals surface area contributed by atoms with Crippen molar-refractivity contribution in [3.05, 3.63) is 47.4 Å². The first-order valence-corrected chi connectivity index (χ1v) is 13.6. The molecule has 35 heavy (non-hydrogen) atoms. The number of amides is 2. The molecular formula is C26H34FN5O2S. The molecule has 2 aromatic heterocycles. The van der Waals surface area contributed by atoms with Crippen LogP contribution < -0.4 is 5.32 Å². The minimum Gasteiger partial charge on any atom is -0.379 e. The molecule has 0 bridgehead atoms. The molecule has 5 rings (SSSR count). The first-order valence-electron chi connectivity index (χ1n) is 12.7. The van der Waals surface area contributed by atoms with Crippen LogP contribution in [-0.2, 0) is 11.2 Å². The molecule has 1 aliphatic carbocycles. The van der Waals surface area contributed by atoms with Crippen molar-refractivity contribution in [2.75, 3.05) is 45.9 Å². The van der Waals surface area contributed by atoms with E-state index in [0.29, 0.717) is 19.1 Å². The smallest absolute Gasteiger partial charge is 0.317 e. The standard InChI is InChI=1S/C26H34FN5O2S/c27-21-8-6-20(7-9-21)24-18-32-23(19-35-26(32)29-24)10-11-31(13-12-30-14-16-34-17-15-30)25(33)28-22-4-2-1-3-5-22/h6-9,18-19,22H,1-5,10-17H2,(H,28,33). The predicted octanol–water partition coefficient (Wildman–Crippen LogP) is 4.42. The van der Waals surface area contributed by atoms with Crippen molar-refractivity contribution in [2.45, 2.75) is 44.6 Å². The lowest BCUT2D eigenvalue weighted by Crippen LogP contribution is -2.49. The van der Waals surface area contributed by atoms with Gasteiger partial charge in [-0.2, -0.15) is 0 Å². The Morgan fingerprint density at radius 3 is 2.69 bits per heavy atom. The topological polar surface area (TPSA) is 62.1 Å². The number of hydrogen-bond acceptors (Lipinski definition) is 5. The summed E-state index contributed by atoms with van der Waals surface area (Å²) in [6.45, 7) is 5.58. The Labute approximate surface area is 209 Å². The summed E-state index contributed by atoms with van der Waals surface area (Å²) in [6.07, 6.45) is 8.58. The van der Waals surface area contributed by atoms with Gasteiger partial charge in [0.1, 0.15) is 5.82 Å². The number of hydrogen-bond donors (Lipinski definition) is 1. The van der Waals surface area contributed by atoms with E-state index in [1.807, 2.05) is 11.1 Å². The van der Waals surface area contributed by atoms with Crippen LogP contribution in [0.3, 0.4) is 0 Å². The van der Waals surface area contributed by atoms with Crippen molar-refractivity contribution >= 4 is 22.3 Å². The van der Waals surface area contributed by atoms with E-state index in [0.717, 1.165) is 74.0 Å². The molecule has 0 atom stereocenters. The summed E-state index contributed by atoms with van der Waals surface area (Å²) in [5, 5.41) is 5.42. The molecule has 0 unspecified atom stereocenters. The highest BCUT2D eigenvalue weighted by atomic mass is 32.1. The predicted molar refractivity (Wildman–Crippen MR) is 136 cm³/mol. The zero-order valence-electron chi connectivity index (χ0n) is 20.1. The van der Waals surface area contributed by atoms with Crippen LogP contribution in [0.4, 0.5) is 9.18 Å². The van der Waals surface area contributed by atoms with Crippen LogP contribution in [0.25, 0.3) is 16.2 Å². The van der Waals surface area contributed by atoms with Crippen molar-refractivity contribution in [3.63, 3.8) is 0 Å². The molecule has 3 aromatic rings. The van der Waals surface area contributed by atoms with Gasteiger partial charge in [-0.25, -0.2) is 14.2 Å². The number of thiazole rings is 1. The number of carbonyl (C=O) groups excluding carboxylic acids is 1. The Morgan fingerprint density at radius 1 is 1.14 bits per heavy atom. The van der Waals surface area contributed by atoms with Gasteiger partial charge >= 0.3 is 6.03 Å². The quantitative estimate of drug-likeness (QED) is 0.498. The van der Waals surface area contributed by atoms with Crippen LogP contribution in [0.15, 0.2) is 35.8 Å². The average molecular weight is 500 g/mol. The molecule has 9 heteroatoms. The number of fused-ring (bicyclic) bond motifs is 1. The van der Waals surface area contributed by atoms with E-state index in [-0.39, 0.29) is 11.8 Å². The van der Waals surface area contributed by atoms with E-state index >= 15 is 0 Å².